The lowest BCUT2D eigenvalue weighted by molar-refractivity contribution is -0.870. The first-order chi connectivity index (χ1) is 36.4. The number of quaternary nitrogens is 1. The molecule has 0 rings (SSSR count). The number of nitrogens with one attached hydrogen (secondary N) is 1. The first-order valence-electron chi connectivity index (χ1n) is 29.5. The van der Waals surface area contributed by atoms with Crippen molar-refractivity contribution in [2.24, 2.45) is 0 Å². The molecule has 9 nitrogen and oxygen atoms in total. The Morgan fingerprint density at radius 3 is 1.31 bits per heavy atom. The molecule has 2 N–H and O–H groups in total. The number of esters is 1. The Labute approximate surface area is 460 Å². The van der Waals surface area contributed by atoms with Crippen LogP contribution >= 0.6 is 7.82 Å². The van der Waals surface area contributed by atoms with Crippen LogP contribution in [0.4, 0.5) is 0 Å². The summed E-state index contributed by atoms with van der Waals surface area (Å²) in [5, 5.41) is 3.00. The standard InChI is InChI=1S/C65H109N2O7P/c1-7-10-13-16-19-22-25-28-30-32-33-35-37-40-43-46-49-52-55-58-65(69)74-63(56-53-50-47-44-41-38-27-24-21-18-15-12-9-3)62(61-73-75(70,71)72-60-59-67(4,5)6)66-64(68)57-54-51-48-45-42-39-36-34-31-29-26-23-20-17-14-11-8-2/h10-11,13-14,19-20,22-23,28-31,33,35-36,39-40,43,45,48,53,56,62-63H,7-9,12,15-18,21,24-27,32,34,37-38,41-42,44,46-47,49-52,54-55,57-61H2,1-6H3,(H-,66,68,70,71)/p+1/b13-10-,14-11-,22-19-,23-20-,30-28-,31-29-,35-33-,39-36-,43-40-,48-45-,56-53+. The van der Waals surface area contributed by atoms with E-state index in [0.717, 1.165) is 109 Å². The van der Waals surface area contributed by atoms with Gasteiger partial charge in [0.15, 0.2) is 0 Å². The Hall–Kier alpha value is -3.85. The zero-order chi connectivity index (χ0) is 55.0. The van der Waals surface area contributed by atoms with Crippen molar-refractivity contribution < 1.29 is 37.3 Å². The highest BCUT2D eigenvalue weighted by Crippen LogP contribution is 2.43. The molecule has 10 heteroatoms. The Kier molecular flexibility index (Phi) is 50.8. The number of nitrogens with zero attached hydrogens (tertiary/aromatic N) is 1. The molecule has 0 spiro atoms. The molecule has 75 heavy (non-hydrogen) atoms. The molecule has 0 fully saturated rings. The van der Waals surface area contributed by atoms with Gasteiger partial charge in [-0.15, -0.1) is 0 Å². The molecular weight excluding hydrogens is 952 g/mol. The average molecular weight is 1060 g/mol. The number of phosphoric acid groups is 1. The summed E-state index contributed by atoms with van der Waals surface area (Å²) in [4.78, 5) is 37.6. The molecule has 0 radical (unpaired) electrons. The zero-order valence-electron chi connectivity index (χ0n) is 48.5. The third kappa shape index (κ3) is 54.7. The highest BCUT2D eigenvalue weighted by molar-refractivity contribution is 7.47. The number of amides is 1. The number of allylic oxidation sites excluding steroid dienone is 21. The summed E-state index contributed by atoms with van der Waals surface area (Å²) >= 11 is 0. The zero-order valence-corrected chi connectivity index (χ0v) is 49.4. The van der Waals surface area contributed by atoms with Crippen LogP contribution in [0.5, 0.6) is 0 Å². The van der Waals surface area contributed by atoms with Gasteiger partial charge in [0, 0.05) is 12.8 Å². The predicted molar refractivity (Wildman–Crippen MR) is 323 cm³/mol. The van der Waals surface area contributed by atoms with Crippen LogP contribution in [0, 0.1) is 0 Å². The third-order valence-corrected chi connectivity index (χ3v) is 13.1. The Morgan fingerprint density at radius 2 is 0.867 bits per heavy atom. The molecular formula is C65H110N2O7P+. The van der Waals surface area contributed by atoms with Crippen molar-refractivity contribution in [1.29, 1.82) is 0 Å². The van der Waals surface area contributed by atoms with Crippen molar-refractivity contribution in [3.8, 4) is 0 Å². The normalized spacial score (nSPS) is 14.7. The van der Waals surface area contributed by atoms with E-state index >= 15 is 0 Å². The van der Waals surface area contributed by atoms with Crippen molar-refractivity contribution in [3.05, 3.63) is 134 Å². The summed E-state index contributed by atoms with van der Waals surface area (Å²) in [5.74, 6) is -0.622. The van der Waals surface area contributed by atoms with Crippen molar-refractivity contribution in [2.75, 3.05) is 40.9 Å². The largest absolute Gasteiger partial charge is 0.472 e. The molecule has 426 valence electrons. The third-order valence-electron chi connectivity index (χ3n) is 12.1. The summed E-state index contributed by atoms with van der Waals surface area (Å²) in [6, 6.07) is -0.901. The van der Waals surface area contributed by atoms with Gasteiger partial charge in [0.1, 0.15) is 19.3 Å². The van der Waals surface area contributed by atoms with Crippen LogP contribution in [0.3, 0.4) is 0 Å². The average Bonchev–Trinajstić information content (AvgIpc) is 3.37. The molecule has 0 aliphatic heterocycles. The van der Waals surface area contributed by atoms with E-state index in [-0.39, 0.29) is 37.9 Å². The van der Waals surface area contributed by atoms with Crippen LogP contribution in [0.15, 0.2) is 134 Å². The molecule has 0 aromatic carbocycles. The quantitative estimate of drug-likeness (QED) is 0.0205. The first kappa shape index (κ1) is 71.2. The van der Waals surface area contributed by atoms with E-state index in [1.807, 2.05) is 33.3 Å². The van der Waals surface area contributed by atoms with Gasteiger partial charge >= 0.3 is 13.8 Å². The van der Waals surface area contributed by atoms with Gasteiger partial charge in [-0.1, -0.05) is 219 Å². The lowest BCUT2D eigenvalue weighted by atomic mass is 10.0. The molecule has 3 atom stereocenters. The molecule has 0 aromatic heterocycles. The summed E-state index contributed by atoms with van der Waals surface area (Å²) < 4.78 is 30.6. The van der Waals surface area contributed by atoms with Crippen LogP contribution in [0.2, 0.25) is 0 Å². The number of carbonyl (C=O) groups is 2. The summed E-state index contributed by atoms with van der Waals surface area (Å²) in [6.45, 7) is 6.69. The Morgan fingerprint density at radius 1 is 0.480 bits per heavy atom. The van der Waals surface area contributed by atoms with E-state index in [4.69, 9.17) is 13.8 Å². The van der Waals surface area contributed by atoms with Gasteiger partial charge in [-0.05, 0) is 115 Å². The van der Waals surface area contributed by atoms with Gasteiger partial charge in [0.25, 0.3) is 0 Å². The molecule has 0 saturated carbocycles. The van der Waals surface area contributed by atoms with Gasteiger partial charge in [0.05, 0.1) is 33.8 Å². The number of phosphoric ester groups is 1. The van der Waals surface area contributed by atoms with E-state index in [1.54, 1.807) is 0 Å². The molecule has 1 amide bonds. The summed E-state index contributed by atoms with van der Waals surface area (Å²) in [6.07, 6.45) is 76.0. The van der Waals surface area contributed by atoms with E-state index in [1.165, 1.54) is 57.8 Å². The second kappa shape index (κ2) is 53.5. The highest BCUT2D eigenvalue weighted by atomic mass is 31.2. The minimum Gasteiger partial charge on any atom is -0.456 e. The van der Waals surface area contributed by atoms with Gasteiger partial charge in [-0.25, -0.2) is 4.57 Å². The van der Waals surface area contributed by atoms with Crippen LogP contribution in [0.1, 0.15) is 213 Å². The van der Waals surface area contributed by atoms with E-state index in [2.05, 4.69) is 148 Å². The number of rotatable bonds is 51. The van der Waals surface area contributed by atoms with Crippen molar-refractivity contribution in [3.63, 3.8) is 0 Å². The molecule has 0 aliphatic rings. The van der Waals surface area contributed by atoms with E-state index < -0.39 is 20.0 Å². The minimum atomic E-state index is -4.48. The fraction of sp³-hybridized carbons (Fsp3) is 0.631. The van der Waals surface area contributed by atoms with Crippen molar-refractivity contribution in [2.45, 2.75) is 226 Å². The second-order valence-electron chi connectivity index (χ2n) is 20.4. The number of ether oxygens (including phenoxy) is 1. The fourth-order valence-corrected chi connectivity index (χ4v) is 8.32. The molecule has 0 heterocycles. The van der Waals surface area contributed by atoms with Gasteiger partial charge in [0.2, 0.25) is 5.91 Å². The van der Waals surface area contributed by atoms with Crippen LogP contribution in [-0.2, 0) is 27.9 Å². The number of carbonyl (C=O) groups excluding carboxylic acids is 2. The smallest absolute Gasteiger partial charge is 0.456 e. The highest BCUT2D eigenvalue weighted by Gasteiger charge is 2.30. The predicted octanol–water partition coefficient (Wildman–Crippen LogP) is 18.1. The molecule has 0 aromatic rings. The Balaban J connectivity index is 5.51. The van der Waals surface area contributed by atoms with Gasteiger partial charge < -0.3 is 19.4 Å². The lowest BCUT2D eigenvalue weighted by Gasteiger charge is -2.27. The van der Waals surface area contributed by atoms with Crippen LogP contribution in [0.25, 0.3) is 0 Å². The maximum atomic E-state index is 13.5. The summed E-state index contributed by atoms with van der Waals surface area (Å²) in [7, 11) is 1.42. The van der Waals surface area contributed by atoms with Gasteiger partial charge in [-0.2, -0.15) is 0 Å². The number of hydrogen-bond acceptors (Lipinski definition) is 6. The van der Waals surface area contributed by atoms with Crippen molar-refractivity contribution in [1.82, 2.24) is 5.32 Å². The second-order valence-corrected chi connectivity index (χ2v) is 21.9. The molecule has 0 saturated heterocycles. The number of hydrogen-bond donors (Lipinski definition) is 2. The maximum absolute atomic E-state index is 13.5. The minimum absolute atomic E-state index is 0.0163. The maximum Gasteiger partial charge on any atom is 0.472 e. The SMILES string of the molecule is CC/C=C\C/C=C\C/C=C\C/C=C\C/C=C\CCCCCC(=O)OC(/C=C/CCCCCCCCCCCCC)C(COP(=O)(O)OCC[N+](C)(C)C)NC(=O)CCC/C=C\C/C=C\C/C=C\C/C=C\C/C=C\CC. The fourth-order valence-electron chi connectivity index (χ4n) is 7.59. The number of likely N-dealkylation sites (N-methyl/N-ethyl adjacent to an activating group) is 1. The monoisotopic (exact) mass is 1060 g/mol. The topological polar surface area (TPSA) is 111 Å². The summed E-state index contributed by atoms with van der Waals surface area (Å²) in [5.41, 5.74) is 0. The van der Waals surface area contributed by atoms with Crippen molar-refractivity contribution >= 4 is 19.7 Å². The lowest BCUT2D eigenvalue weighted by Crippen LogP contribution is -2.47. The van der Waals surface area contributed by atoms with Crippen LogP contribution < -0.4 is 5.32 Å². The molecule has 0 bridgehead atoms. The van der Waals surface area contributed by atoms with E-state index in [0.29, 0.717) is 23.9 Å². The number of unbranched alkanes of at least 4 members (excludes halogenated alkanes) is 15. The van der Waals surface area contributed by atoms with Gasteiger partial charge in [-0.3, -0.25) is 18.6 Å². The van der Waals surface area contributed by atoms with Crippen LogP contribution in [-0.4, -0.2) is 74.3 Å². The molecule has 0 aliphatic carbocycles. The van der Waals surface area contributed by atoms with E-state index in [9.17, 15) is 19.0 Å². The Bertz CT molecular complexity index is 1740. The molecule has 3 unspecified atom stereocenters. The first-order valence-corrected chi connectivity index (χ1v) is 31.0.